The fourth-order valence-corrected chi connectivity index (χ4v) is 2.64. The molecule has 0 spiro atoms. The highest BCUT2D eigenvalue weighted by molar-refractivity contribution is 5.07. The molecule has 0 saturated carbocycles. The number of nitrogens with zero attached hydrogens (tertiary/aromatic N) is 1. The first kappa shape index (κ1) is 14.6. The zero-order chi connectivity index (χ0) is 12.3. The van der Waals surface area contributed by atoms with Gasteiger partial charge in [0.05, 0.1) is 0 Å². The van der Waals surface area contributed by atoms with Gasteiger partial charge in [0.25, 0.3) is 0 Å². The van der Waals surface area contributed by atoms with Crippen LogP contribution in [0.4, 0.5) is 0 Å². The van der Waals surface area contributed by atoms with E-state index in [4.69, 9.17) is 0 Å². The summed E-state index contributed by atoms with van der Waals surface area (Å²) in [5, 5.41) is 0. The third kappa shape index (κ3) is 6.14. The minimum absolute atomic E-state index is 1.29. The molecule has 1 heteroatoms. The van der Waals surface area contributed by atoms with Gasteiger partial charge in [-0.25, -0.2) is 0 Å². The Morgan fingerprint density at radius 1 is 0.941 bits per heavy atom. The normalized spacial score (nSPS) is 15.4. The first-order valence-electron chi connectivity index (χ1n) is 7.82. The molecule has 0 fully saturated rings. The van der Waals surface area contributed by atoms with Gasteiger partial charge in [-0.05, 0) is 25.7 Å². The number of hydrogen-bond donors (Lipinski definition) is 0. The van der Waals surface area contributed by atoms with E-state index in [2.05, 4.69) is 24.8 Å². The molecule has 17 heavy (non-hydrogen) atoms. The van der Waals surface area contributed by atoms with Gasteiger partial charge >= 0.3 is 0 Å². The second-order valence-electron chi connectivity index (χ2n) is 5.34. The Kier molecular flexibility index (Phi) is 8.21. The Hall–Kier alpha value is -0.460. The van der Waals surface area contributed by atoms with E-state index >= 15 is 0 Å². The molecule has 0 amide bonds. The quantitative estimate of drug-likeness (QED) is 0.476. The van der Waals surface area contributed by atoms with Crippen LogP contribution in [0.15, 0.2) is 11.8 Å². The molecule has 0 atom stereocenters. The highest BCUT2D eigenvalue weighted by atomic mass is 15.1. The van der Waals surface area contributed by atoms with Crippen LogP contribution in [-0.4, -0.2) is 18.0 Å². The van der Waals surface area contributed by atoms with Crippen LogP contribution in [0.2, 0.25) is 0 Å². The second-order valence-corrected chi connectivity index (χ2v) is 5.34. The van der Waals surface area contributed by atoms with Gasteiger partial charge in [0.1, 0.15) is 0 Å². The van der Waals surface area contributed by atoms with Gasteiger partial charge in [-0.2, -0.15) is 0 Å². The lowest BCUT2D eigenvalue weighted by Gasteiger charge is -2.22. The molecule has 1 heterocycles. The lowest BCUT2D eigenvalue weighted by molar-refractivity contribution is 0.348. The maximum absolute atomic E-state index is 2.64. The summed E-state index contributed by atoms with van der Waals surface area (Å²) in [6.07, 6.45) is 16.2. The predicted molar refractivity (Wildman–Crippen MR) is 77.2 cm³/mol. The molecule has 0 aromatic rings. The summed E-state index contributed by atoms with van der Waals surface area (Å²) in [6.45, 7) is 7.17. The molecule has 0 radical (unpaired) electrons. The molecule has 0 N–H and O–H groups in total. The first-order valence-corrected chi connectivity index (χ1v) is 7.82. The fourth-order valence-electron chi connectivity index (χ4n) is 2.64. The summed E-state index contributed by atoms with van der Waals surface area (Å²) in [6, 6.07) is 0. The number of allylic oxidation sites excluding steroid dienone is 1. The smallest absolute Gasteiger partial charge is 0.0210 e. The maximum Gasteiger partial charge on any atom is 0.0210 e. The lowest BCUT2D eigenvalue weighted by Crippen LogP contribution is -2.21. The van der Waals surface area contributed by atoms with Crippen LogP contribution in [0.25, 0.3) is 0 Å². The topological polar surface area (TPSA) is 3.24 Å². The summed E-state index contributed by atoms with van der Waals surface area (Å²) in [5.74, 6) is 0. The van der Waals surface area contributed by atoms with E-state index < -0.39 is 0 Å². The summed E-state index contributed by atoms with van der Waals surface area (Å²) in [7, 11) is 0. The molecule has 0 aliphatic carbocycles. The van der Waals surface area contributed by atoms with Gasteiger partial charge in [0, 0.05) is 18.8 Å². The van der Waals surface area contributed by atoms with Crippen LogP contribution in [-0.2, 0) is 0 Å². The van der Waals surface area contributed by atoms with E-state index in [9.17, 15) is 0 Å². The van der Waals surface area contributed by atoms with Crippen molar-refractivity contribution in [2.24, 2.45) is 0 Å². The average Bonchev–Trinajstić information content (AvgIpc) is 2.78. The molecule has 0 saturated heterocycles. The molecule has 1 rings (SSSR count). The monoisotopic (exact) mass is 237 g/mol. The number of hydrogen-bond acceptors (Lipinski definition) is 1. The Bertz CT molecular complexity index is 208. The van der Waals surface area contributed by atoms with Crippen molar-refractivity contribution in [1.29, 1.82) is 0 Å². The first-order chi connectivity index (χ1) is 8.38. The van der Waals surface area contributed by atoms with Crippen LogP contribution in [0, 0.1) is 0 Å². The molecule has 0 bridgehead atoms. The van der Waals surface area contributed by atoms with Gasteiger partial charge in [0.2, 0.25) is 0 Å². The predicted octanol–water partition coefficient (Wildman–Crippen LogP) is 5.13. The van der Waals surface area contributed by atoms with Crippen molar-refractivity contribution in [3.05, 3.63) is 11.8 Å². The zero-order valence-electron chi connectivity index (χ0n) is 12.0. The van der Waals surface area contributed by atoms with E-state index in [-0.39, 0.29) is 0 Å². The van der Waals surface area contributed by atoms with Crippen molar-refractivity contribution >= 4 is 0 Å². The SMILES string of the molecule is CCCCCCC1=CCCN1CCCCCC. The largest absolute Gasteiger partial charge is 0.375 e. The van der Waals surface area contributed by atoms with Gasteiger partial charge in [0.15, 0.2) is 0 Å². The highest BCUT2D eigenvalue weighted by Crippen LogP contribution is 2.21. The van der Waals surface area contributed by atoms with Crippen molar-refractivity contribution in [2.75, 3.05) is 13.1 Å². The summed E-state index contributed by atoms with van der Waals surface area (Å²) >= 11 is 0. The van der Waals surface area contributed by atoms with E-state index in [1.54, 1.807) is 5.70 Å². The van der Waals surface area contributed by atoms with Gasteiger partial charge in [-0.15, -0.1) is 0 Å². The van der Waals surface area contributed by atoms with Crippen LogP contribution in [0.5, 0.6) is 0 Å². The zero-order valence-corrected chi connectivity index (χ0v) is 12.0. The van der Waals surface area contributed by atoms with Gasteiger partial charge < -0.3 is 4.90 Å². The summed E-state index contributed by atoms with van der Waals surface area (Å²) in [5.41, 5.74) is 1.65. The Labute approximate surface area is 108 Å². The number of unbranched alkanes of at least 4 members (excludes halogenated alkanes) is 6. The molecule has 1 aliphatic heterocycles. The molecule has 0 unspecified atom stereocenters. The minimum atomic E-state index is 1.29. The van der Waals surface area contributed by atoms with Crippen molar-refractivity contribution < 1.29 is 0 Å². The third-order valence-electron chi connectivity index (χ3n) is 3.75. The maximum atomic E-state index is 2.64. The van der Waals surface area contributed by atoms with E-state index in [1.807, 2.05) is 0 Å². The van der Waals surface area contributed by atoms with Crippen molar-refractivity contribution in [3.8, 4) is 0 Å². The van der Waals surface area contributed by atoms with Crippen molar-refractivity contribution in [1.82, 2.24) is 4.90 Å². The molecular formula is C16H31N. The van der Waals surface area contributed by atoms with Gasteiger partial charge in [-0.3, -0.25) is 0 Å². The van der Waals surface area contributed by atoms with Crippen molar-refractivity contribution in [2.45, 2.75) is 78.1 Å². The lowest BCUT2D eigenvalue weighted by atomic mass is 10.1. The summed E-state index contributed by atoms with van der Waals surface area (Å²) < 4.78 is 0. The number of rotatable bonds is 10. The third-order valence-corrected chi connectivity index (χ3v) is 3.75. The summed E-state index contributed by atoms with van der Waals surface area (Å²) in [4.78, 5) is 2.64. The molecule has 0 aromatic carbocycles. The Balaban J connectivity index is 2.10. The standard InChI is InChI=1S/C16H31N/c1-3-5-7-9-12-16-13-11-15-17(16)14-10-8-6-4-2/h13H,3-12,14-15H2,1-2H3. The fraction of sp³-hybridized carbons (Fsp3) is 0.875. The van der Waals surface area contributed by atoms with Gasteiger partial charge in [-0.1, -0.05) is 58.4 Å². The highest BCUT2D eigenvalue weighted by Gasteiger charge is 2.13. The molecule has 0 aromatic heterocycles. The Morgan fingerprint density at radius 3 is 2.35 bits per heavy atom. The van der Waals surface area contributed by atoms with Crippen LogP contribution < -0.4 is 0 Å². The van der Waals surface area contributed by atoms with E-state index in [1.165, 1.54) is 77.3 Å². The van der Waals surface area contributed by atoms with Crippen LogP contribution in [0.1, 0.15) is 78.1 Å². The molecular weight excluding hydrogens is 206 g/mol. The molecule has 100 valence electrons. The Morgan fingerprint density at radius 2 is 1.65 bits per heavy atom. The van der Waals surface area contributed by atoms with Crippen LogP contribution >= 0.6 is 0 Å². The molecule has 1 aliphatic rings. The second kappa shape index (κ2) is 9.56. The average molecular weight is 237 g/mol. The van der Waals surface area contributed by atoms with Crippen molar-refractivity contribution in [3.63, 3.8) is 0 Å². The van der Waals surface area contributed by atoms with E-state index in [0.717, 1.165) is 0 Å². The van der Waals surface area contributed by atoms with E-state index in [0.29, 0.717) is 0 Å². The minimum Gasteiger partial charge on any atom is -0.375 e. The van der Waals surface area contributed by atoms with Crippen LogP contribution in [0.3, 0.4) is 0 Å². The molecule has 1 nitrogen and oxygen atoms in total.